The summed E-state index contributed by atoms with van der Waals surface area (Å²) >= 11 is 6.46. The molecule has 1 unspecified atom stereocenters. The summed E-state index contributed by atoms with van der Waals surface area (Å²) in [6, 6.07) is 5.21. The molecule has 1 saturated carbocycles. The Morgan fingerprint density at radius 3 is 2.87 bits per heavy atom. The molecule has 4 N–H and O–H groups in total. The van der Waals surface area contributed by atoms with Gasteiger partial charge >= 0.3 is 0 Å². The van der Waals surface area contributed by atoms with Crippen LogP contribution in [0.4, 0.5) is 23.3 Å². The van der Waals surface area contributed by atoms with E-state index in [1.165, 1.54) is 29.8 Å². The fourth-order valence-corrected chi connectivity index (χ4v) is 3.25. The number of aliphatic hydroxyl groups excluding tert-OH is 1. The second-order valence-electron chi connectivity index (χ2n) is 7.22. The first-order chi connectivity index (χ1) is 14.4. The number of anilines is 3. The third-order valence-corrected chi connectivity index (χ3v) is 5.12. The van der Waals surface area contributed by atoms with Crippen LogP contribution in [-0.2, 0) is 5.60 Å². The molecule has 3 aromatic rings. The van der Waals surface area contributed by atoms with Crippen molar-refractivity contribution in [3.63, 3.8) is 0 Å². The number of benzene rings is 1. The number of hydrogen-bond donors (Lipinski definition) is 4. The number of aliphatic hydroxyl groups is 2. The molecule has 4 rings (SSSR count). The summed E-state index contributed by atoms with van der Waals surface area (Å²) in [5.41, 5.74) is -0.520. The van der Waals surface area contributed by atoms with E-state index in [2.05, 4.69) is 30.5 Å². The zero-order valence-electron chi connectivity index (χ0n) is 15.9. The fraction of sp³-hybridized carbons (Fsp3) is 0.316. The molecule has 0 amide bonds. The van der Waals surface area contributed by atoms with E-state index in [4.69, 9.17) is 18.2 Å². The maximum absolute atomic E-state index is 10.5. The number of nitriles is 1. The molecule has 0 aliphatic heterocycles. The monoisotopic (exact) mass is 424 g/mol. The van der Waals surface area contributed by atoms with Crippen molar-refractivity contribution in [1.29, 1.82) is 5.26 Å². The van der Waals surface area contributed by atoms with Crippen molar-refractivity contribution in [3.8, 4) is 6.07 Å². The molecule has 2 heterocycles. The Bertz CT molecular complexity index is 1220. The average Bonchev–Trinajstić information content (AvgIpc) is 3.45. The smallest absolute Gasteiger partial charge is 0.275 e. The molecule has 2 aromatic heterocycles. The van der Waals surface area contributed by atoms with Crippen LogP contribution in [0.5, 0.6) is 0 Å². The molecule has 10 nitrogen and oxygen atoms in total. The summed E-state index contributed by atoms with van der Waals surface area (Å²) in [6.45, 7) is 8.13. The Morgan fingerprint density at radius 1 is 1.47 bits per heavy atom. The Kier molecular flexibility index (Phi) is 4.92. The molecule has 1 aliphatic rings. The molecule has 1 atom stereocenters. The second kappa shape index (κ2) is 7.43. The highest BCUT2D eigenvalue weighted by Gasteiger charge is 2.28. The van der Waals surface area contributed by atoms with Crippen molar-refractivity contribution in [3.05, 3.63) is 45.9 Å². The van der Waals surface area contributed by atoms with E-state index < -0.39 is 12.2 Å². The quantitative estimate of drug-likeness (QED) is 0.443. The van der Waals surface area contributed by atoms with Gasteiger partial charge in [-0.1, -0.05) is 23.3 Å². The van der Waals surface area contributed by atoms with Gasteiger partial charge in [-0.15, -0.1) is 4.52 Å². The molecule has 0 radical (unpaired) electrons. The molecule has 0 saturated heterocycles. The van der Waals surface area contributed by atoms with Crippen LogP contribution in [0.3, 0.4) is 0 Å². The minimum atomic E-state index is -1.65. The highest BCUT2D eigenvalue weighted by Crippen LogP contribution is 2.36. The predicted octanol–water partition coefficient (Wildman–Crippen LogP) is 2.72. The van der Waals surface area contributed by atoms with Crippen molar-refractivity contribution in [2.75, 3.05) is 17.2 Å². The van der Waals surface area contributed by atoms with Gasteiger partial charge in [-0.05, 0) is 31.9 Å². The van der Waals surface area contributed by atoms with Crippen molar-refractivity contribution in [2.45, 2.75) is 31.4 Å². The number of aromatic nitrogens is 4. The summed E-state index contributed by atoms with van der Waals surface area (Å²) in [6.07, 6.45) is 3.45. The number of nitrogens with one attached hydrogen (secondary N) is 2. The van der Waals surface area contributed by atoms with Crippen LogP contribution in [0.25, 0.3) is 10.5 Å². The van der Waals surface area contributed by atoms with Gasteiger partial charge in [0.25, 0.3) is 17.4 Å². The van der Waals surface area contributed by atoms with Crippen molar-refractivity contribution >= 4 is 40.5 Å². The Hall–Kier alpha value is -3.44. The lowest BCUT2D eigenvalue weighted by Crippen LogP contribution is -2.26. The standard InChI is InChI=1S/C19H17ClN8O2/c1-19(30,9-29)12-5-10(7-21)6-13(15(12)20)25-18-26-16(24-11-3-4-11)17-23-8-14(22-2)28(17)27-18/h5-6,8,11,29-30H,3-4,9H2,1H3,(H2,24,25,26,27). The number of rotatable bonds is 6. The Labute approximate surface area is 176 Å². The second-order valence-corrected chi connectivity index (χ2v) is 7.60. The molecule has 0 spiro atoms. The highest BCUT2D eigenvalue weighted by atomic mass is 35.5. The molecule has 30 heavy (non-hydrogen) atoms. The van der Waals surface area contributed by atoms with Crippen LogP contribution in [0.1, 0.15) is 30.9 Å². The van der Waals surface area contributed by atoms with E-state index >= 15 is 0 Å². The summed E-state index contributed by atoms with van der Waals surface area (Å²) in [5, 5.41) is 40.0. The lowest BCUT2D eigenvalue weighted by atomic mass is 9.94. The zero-order chi connectivity index (χ0) is 21.5. The molecule has 1 aromatic carbocycles. The molecular weight excluding hydrogens is 408 g/mol. The van der Waals surface area contributed by atoms with Crippen molar-refractivity contribution < 1.29 is 10.2 Å². The lowest BCUT2D eigenvalue weighted by Gasteiger charge is -2.24. The van der Waals surface area contributed by atoms with E-state index in [-0.39, 0.29) is 33.6 Å². The number of halogens is 1. The van der Waals surface area contributed by atoms with E-state index in [0.717, 1.165) is 12.8 Å². The first-order valence-corrected chi connectivity index (χ1v) is 9.48. The van der Waals surface area contributed by atoms with Crippen LogP contribution < -0.4 is 10.6 Å². The van der Waals surface area contributed by atoms with Gasteiger partial charge in [0, 0.05) is 11.6 Å². The summed E-state index contributed by atoms with van der Waals surface area (Å²) < 4.78 is 1.37. The van der Waals surface area contributed by atoms with Crippen LogP contribution in [0.2, 0.25) is 5.02 Å². The van der Waals surface area contributed by atoms with Crippen LogP contribution in [0, 0.1) is 17.9 Å². The highest BCUT2D eigenvalue weighted by molar-refractivity contribution is 6.34. The van der Waals surface area contributed by atoms with Crippen molar-refractivity contribution in [2.24, 2.45) is 0 Å². The normalized spacial score (nSPS) is 15.3. The van der Waals surface area contributed by atoms with E-state index in [0.29, 0.717) is 17.5 Å². The molecule has 11 heteroatoms. The molecule has 0 bridgehead atoms. The average molecular weight is 425 g/mol. The van der Waals surface area contributed by atoms with Gasteiger partial charge < -0.3 is 25.7 Å². The first kappa shape index (κ1) is 19.9. The van der Waals surface area contributed by atoms with Crippen LogP contribution in [-0.4, -0.2) is 42.4 Å². The number of hydrogen-bond acceptors (Lipinski definition) is 8. The maximum atomic E-state index is 10.5. The number of fused-ring (bicyclic) bond motifs is 1. The largest absolute Gasteiger partial charge is 0.393 e. The van der Waals surface area contributed by atoms with Gasteiger partial charge in [0.1, 0.15) is 5.60 Å². The van der Waals surface area contributed by atoms with E-state index in [1.807, 2.05) is 6.07 Å². The third-order valence-electron chi connectivity index (χ3n) is 4.71. The van der Waals surface area contributed by atoms with Gasteiger partial charge in [0.15, 0.2) is 5.82 Å². The predicted molar refractivity (Wildman–Crippen MR) is 110 cm³/mol. The zero-order valence-corrected chi connectivity index (χ0v) is 16.6. The van der Waals surface area contributed by atoms with E-state index in [9.17, 15) is 15.5 Å². The van der Waals surface area contributed by atoms with Crippen LogP contribution in [0.15, 0.2) is 18.3 Å². The first-order valence-electron chi connectivity index (χ1n) is 9.10. The van der Waals surface area contributed by atoms with Gasteiger partial charge in [-0.2, -0.15) is 10.2 Å². The summed E-state index contributed by atoms with van der Waals surface area (Å²) in [7, 11) is 0. The van der Waals surface area contributed by atoms with E-state index in [1.54, 1.807) is 0 Å². The molecule has 1 fully saturated rings. The van der Waals surface area contributed by atoms with Gasteiger partial charge in [-0.25, -0.2) is 4.98 Å². The molecule has 1 aliphatic carbocycles. The van der Waals surface area contributed by atoms with Gasteiger partial charge in [-0.3, -0.25) is 0 Å². The SMILES string of the molecule is [C-]#[N+]c1cnc2c(NC3CC3)nc(Nc3cc(C#N)cc(C(C)(O)CO)c3Cl)nn12. The van der Waals surface area contributed by atoms with Gasteiger partial charge in [0.2, 0.25) is 0 Å². The Balaban J connectivity index is 1.82. The minimum Gasteiger partial charge on any atom is -0.393 e. The summed E-state index contributed by atoms with van der Waals surface area (Å²) in [4.78, 5) is 12.1. The topological polar surface area (TPSA) is 136 Å². The Morgan fingerprint density at radius 2 is 2.23 bits per heavy atom. The molecular formula is C19H17ClN8O2. The lowest BCUT2D eigenvalue weighted by molar-refractivity contribution is -0.00217. The maximum Gasteiger partial charge on any atom is 0.275 e. The minimum absolute atomic E-state index is 0.115. The number of imidazole rings is 1. The number of nitrogens with zero attached hydrogens (tertiary/aromatic N) is 6. The third kappa shape index (κ3) is 3.60. The van der Waals surface area contributed by atoms with Crippen molar-refractivity contribution in [1.82, 2.24) is 19.6 Å². The molecule has 152 valence electrons. The fourth-order valence-electron chi connectivity index (χ4n) is 2.89. The summed E-state index contributed by atoms with van der Waals surface area (Å²) in [5.74, 6) is 0.815. The van der Waals surface area contributed by atoms with Gasteiger partial charge in [0.05, 0.1) is 35.1 Å². The van der Waals surface area contributed by atoms with Crippen LogP contribution >= 0.6 is 11.6 Å².